The van der Waals surface area contributed by atoms with Crippen LogP contribution in [0.15, 0.2) is 146 Å². The Labute approximate surface area is 226 Å². The summed E-state index contributed by atoms with van der Waals surface area (Å²) < 4.78 is 2.37. The molecule has 0 bridgehead atoms. The number of rotatable bonds is 3. The van der Waals surface area contributed by atoms with E-state index in [0.717, 1.165) is 22.5 Å². The van der Waals surface area contributed by atoms with Crippen LogP contribution >= 0.6 is 0 Å². The van der Waals surface area contributed by atoms with Crippen LogP contribution in [0.4, 0.5) is 0 Å². The van der Waals surface area contributed by atoms with Crippen molar-refractivity contribution in [3.05, 3.63) is 146 Å². The number of hydrogen-bond donors (Lipinski definition) is 0. The second-order valence-corrected chi connectivity index (χ2v) is 10.0. The van der Waals surface area contributed by atoms with Crippen molar-refractivity contribution in [3.8, 4) is 28.1 Å². The first-order chi connectivity index (χ1) is 19.3. The van der Waals surface area contributed by atoms with Crippen molar-refractivity contribution in [3.63, 3.8) is 0 Å². The van der Waals surface area contributed by atoms with Gasteiger partial charge in [0.2, 0.25) is 0 Å². The van der Waals surface area contributed by atoms with Gasteiger partial charge in [0.1, 0.15) is 0 Å². The molecule has 0 atom stereocenters. The number of aromatic nitrogens is 2. The second-order valence-electron chi connectivity index (χ2n) is 10.0. The fourth-order valence-electron chi connectivity index (χ4n) is 5.96. The average Bonchev–Trinajstić information content (AvgIpc) is 3.34. The maximum atomic E-state index is 5.18. The molecule has 0 spiro atoms. The highest BCUT2D eigenvalue weighted by molar-refractivity contribution is 6.14. The van der Waals surface area contributed by atoms with Crippen LogP contribution in [-0.4, -0.2) is 9.55 Å². The van der Waals surface area contributed by atoms with Crippen molar-refractivity contribution in [2.45, 2.75) is 0 Å². The molecule has 0 saturated carbocycles. The Hall–Kier alpha value is -5.21. The summed E-state index contributed by atoms with van der Waals surface area (Å²) in [6.45, 7) is 0. The van der Waals surface area contributed by atoms with Crippen LogP contribution < -0.4 is 0 Å². The fraction of sp³-hybridized carbons (Fsp3) is 0. The van der Waals surface area contributed by atoms with Gasteiger partial charge in [-0.3, -0.25) is 0 Å². The molecule has 0 unspecified atom stereocenters. The Morgan fingerprint density at radius 3 is 1.69 bits per heavy atom. The Kier molecular flexibility index (Phi) is 4.86. The maximum Gasteiger partial charge on any atom is 0.0788 e. The van der Waals surface area contributed by atoms with E-state index in [4.69, 9.17) is 4.98 Å². The highest BCUT2D eigenvalue weighted by Crippen LogP contribution is 2.39. The summed E-state index contributed by atoms with van der Waals surface area (Å²) in [4.78, 5) is 5.18. The van der Waals surface area contributed by atoms with E-state index in [2.05, 4.69) is 150 Å². The topological polar surface area (TPSA) is 17.8 Å². The van der Waals surface area contributed by atoms with Gasteiger partial charge in [0.25, 0.3) is 0 Å². The van der Waals surface area contributed by atoms with Crippen molar-refractivity contribution in [2.75, 3.05) is 0 Å². The van der Waals surface area contributed by atoms with Crippen LogP contribution in [-0.2, 0) is 0 Å². The molecule has 39 heavy (non-hydrogen) atoms. The van der Waals surface area contributed by atoms with Gasteiger partial charge >= 0.3 is 0 Å². The van der Waals surface area contributed by atoms with Gasteiger partial charge < -0.3 is 4.57 Å². The summed E-state index contributed by atoms with van der Waals surface area (Å²) in [6.07, 6.45) is 0. The van der Waals surface area contributed by atoms with Gasteiger partial charge in [-0.05, 0) is 59.0 Å². The molecule has 0 N–H and O–H groups in total. The van der Waals surface area contributed by atoms with Gasteiger partial charge in [-0.25, -0.2) is 4.98 Å². The molecular weight excluding hydrogens is 472 g/mol. The molecule has 2 nitrogen and oxygen atoms in total. The molecule has 6 aromatic carbocycles. The number of para-hydroxylation sites is 2. The number of pyridine rings is 1. The van der Waals surface area contributed by atoms with E-state index in [9.17, 15) is 0 Å². The summed E-state index contributed by atoms with van der Waals surface area (Å²) >= 11 is 0. The highest BCUT2D eigenvalue weighted by Gasteiger charge is 2.16. The van der Waals surface area contributed by atoms with Gasteiger partial charge in [0, 0.05) is 32.8 Å². The third-order valence-electron chi connectivity index (χ3n) is 7.77. The van der Waals surface area contributed by atoms with Crippen molar-refractivity contribution in [1.29, 1.82) is 0 Å². The predicted octanol–water partition coefficient (Wildman–Crippen LogP) is 9.82. The molecular formula is C37H24N2. The average molecular weight is 497 g/mol. The molecule has 8 aromatic rings. The largest absolute Gasteiger partial charge is 0.309 e. The molecule has 2 aromatic heterocycles. The van der Waals surface area contributed by atoms with E-state index in [1.165, 1.54) is 49.1 Å². The Morgan fingerprint density at radius 2 is 0.949 bits per heavy atom. The third-order valence-corrected chi connectivity index (χ3v) is 7.77. The molecule has 0 amide bonds. The Balaban J connectivity index is 1.45. The van der Waals surface area contributed by atoms with E-state index in [0.29, 0.717) is 0 Å². The first kappa shape index (κ1) is 21.8. The van der Waals surface area contributed by atoms with Gasteiger partial charge in [0.05, 0.1) is 22.2 Å². The van der Waals surface area contributed by atoms with E-state index < -0.39 is 0 Å². The van der Waals surface area contributed by atoms with Crippen molar-refractivity contribution >= 4 is 43.5 Å². The van der Waals surface area contributed by atoms with Crippen LogP contribution in [0.1, 0.15) is 0 Å². The Morgan fingerprint density at radius 1 is 0.385 bits per heavy atom. The number of nitrogens with zero attached hydrogens (tertiary/aromatic N) is 2. The lowest BCUT2D eigenvalue weighted by atomic mass is 9.98. The number of hydrogen-bond acceptors (Lipinski definition) is 1. The van der Waals surface area contributed by atoms with Crippen molar-refractivity contribution < 1.29 is 0 Å². The normalized spacial score (nSPS) is 11.6. The molecule has 0 aliphatic rings. The van der Waals surface area contributed by atoms with Crippen LogP contribution in [0.3, 0.4) is 0 Å². The summed E-state index contributed by atoms with van der Waals surface area (Å²) in [5.74, 6) is 0. The zero-order valence-electron chi connectivity index (χ0n) is 21.3. The first-order valence-electron chi connectivity index (χ1n) is 13.3. The summed E-state index contributed by atoms with van der Waals surface area (Å²) in [5, 5.41) is 6.06. The predicted molar refractivity (Wildman–Crippen MR) is 164 cm³/mol. The molecule has 0 aliphatic carbocycles. The number of fused-ring (bicyclic) bond motifs is 6. The molecule has 8 rings (SSSR count). The lowest BCUT2D eigenvalue weighted by Crippen LogP contribution is -1.93. The zero-order valence-corrected chi connectivity index (χ0v) is 21.3. The molecule has 182 valence electrons. The molecule has 2 heterocycles. The molecule has 2 heteroatoms. The van der Waals surface area contributed by atoms with Crippen LogP contribution in [0.5, 0.6) is 0 Å². The van der Waals surface area contributed by atoms with Crippen molar-refractivity contribution in [2.24, 2.45) is 0 Å². The van der Waals surface area contributed by atoms with Crippen molar-refractivity contribution in [1.82, 2.24) is 9.55 Å². The van der Waals surface area contributed by atoms with Crippen LogP contribution in [0.25, 0.3) is 71.6 Å². The minimum absolute atomic E-state index is 1.02. The van der Waals surface area contributed by atoms with Crippen LogP contribution in [0, 0.1) is 0 Å². The maximum absolute atomic E-state index is 5.18. The van der Waals surface area contributed by atoms with Gasteiger partial charge in [0.15, 0.2) is 0 Å². The van der Waals surface area contributed by atoms with E-state index in [1.54, 1.807) is 0 Å². The van der Waals surface area contributed by atoms with E-state index in [-0.39, 0.29) is 0 Å². The first-order valence-corrected chi connectivity index (χ1v) is 13.3. The van der Waals surface area contributed by atoms with Gasteiger partial charge in [-0.1, -0.05) is 103 Å². The van der Waals surface area contributed by atoms with Gasteiger partial charge in [-0.15, -0.1) is 0 Å². The minimum Gasteiger partial charge on any atom is -0.309 e. The zero-order chi connectivity index (χ0) is 25.8. The van der Waals surface area contributed by atoms with Gasteiger partial charge in [-0.2, -0.15) is 0 Å². The molecule has 0 fully saturated rings. The standard InChI is InChI=1S/C37H24N2/c1-3-11-25(12-4-1)26-19-21-35-32(23-26)33-24-27(20-22-36(33)39(35)28-13-5-2-6-14-28)37-31-17-8-7-15-29(31)30-16-9-10-18-34(30)38-37/h1-24H. The summed E-state index contributed by atoms with van der Waals surface area (Å²) in [6, 6.07) is 51.9. The lowest BCUT2D eigenvalue weighted by molar-refractivity contribution is 1.18. The summed E-state index contributed by atoms with van der Waals surface area (Å²) in [7, 11) is 0. The van der Waals surface area contributed by atoms with Crippen LogP contribution in [0.2, 0.25) is 0 Å². The number of benzene rings is 6. The lowest BCUT2D eigenvalue weighted by Gasteiger charge is -2.11. The fourth-order valence-corrected chi connectivity index (χ4v) is 5.96. The molecule has 0 aliphatic heterocycles. The quantitative estimate of drug-likeness (QED) is 0.223. The summed E-state index contributed by atoms with van der Waals surface area (Å²) in [5.41, 5.74) is 9.15. The molecule has 0 saturated heterocycles. The van der Waals surface area contributed by atoms with E-state index >= 15 is 0 Å². The SMILES string of the molecule is c1ccc(-c2ccc3c(c2)c2cc(-c4nc5ccccc5c5ccccc45)ccc2n3-c2ccccc2)cc1. The third kappa shape index (κ3) is 3.46. The minimum atomic E-state index is 1.02. The Bertz CT molecular complexity index is 2160. The van der Waals surface area contributed by atoms with E-state index in [1.807, 2.05) is 0 Å². The molecule has 0 radical (unpaired) electrons. The highest BCUT2D eigenvalue weighted by atomic mass is 15.0. The smallest absolute Gasteiger partial charge is 0.0788 e. The second kappa shape index (κ2) is 8.68. The monoisotopic (exact) mass is 496 g/mol.